The standard InChI is InChI=1S/C23H22N2O3/c1-15-5-4-6-19(13-15)24-22(26)17-8-10-18(11-9-17)23(27)25-20-14-16(2)7-12-21(20)28-3/h4-14H,1-3H3,(H,24,26)(H,25,27). The fourth-order valence-electron chi connectivity index (χ4n) is 2.81. The lowest BCUT2D eigenvalue weighted by Crippen LogP contribution is -2.15. The molecule has 0 radical (unpaired) electrons. The molecule has 0 spiro atoms. The number of ether oxygens (including phenoxy) is 1. The minimum Gasteiger partial charge on any atom is -0.495 e. The van der Waals surface area contributed by atoms with Gasteiger partial charge in [-0.15, -0.1) is 0 Å². The van der Waals surface area contributed by atoms with Crippen molar-refractivity contribution in [2.75, 3.05) is 17.7 Å². The van der Waals surface area contributed by atoms with E-state index in [4.69, 9.17) is 4.74 Å². The molecule has 0 fully saturated rings. The SMILES string of the molecule is COc1ccc(C)cc1NC(=O)c1ccc(C(=O)Nc2cccc(C)c2)cc1. The van der Waals surface area contributed by atoms with E-state index in [-0.39, 0.29) is 11.8 Å². The Morgan fingerprint density at radius 3 is 1.96 bits per heavy atom. The summed E-state index contributed by atoms with van der Waals surface area (Å²) in [6, 6.07) is 19.7. The molecule has 2 amide bonds. The zero-order valence-electron chi connectivity index (χ0n) is 16.1. The summed E-state index contributed by atoms with van der Waals surface area (Å²) in [5, 5.41) is 5.70. The number of nitrogens with one attached hydrogen (secondary N) is 2. The summed E-state index contributed by atoms with van der Waals surface area (Å²) in [6.45, 7) is 3.91. The smallest absolute Gasteiger partial charge is 0.255 e. The summed E-state index contributed by atoms with van der Waals surface area (Å²) in [5.41, 5.74) is 4.35. The third-order valence-electron chi connectivity index (χ3n) is 4.29. The van der Waals surface area contributed by atoms with Crippen molar-refractivity contribution in [3.05, 3.63) is 89.0 Å². The van der Waals surface area contributed by atoms with Gasteiger partial charge in [-0.25, -0.2) is 0 Å². The Hall–Kier alpha value is -3.60. The Balaban J connectivity index is 1.71. The number of aryl methyl sites for hydroxylation is 2. The lowest BCUT2D eigenvalue weighted by atomic mass is 10.1. The van der Waals surface area contributed by atoms with Gasteiger partial charge in [-0.3, -0.25) is 9.59 Å². The Kier molecular flexibility index (Phi) is 5.75. The van der Waals surface area contributed by atoms with Crippen molar-refractivity contribution in [2.45, 2.75) is 13.8 Å². The van der Waals surface area contributed by atoms with Gasteiger partial charge in [0.2, 0.25) is 0 Å². The molecule has 3 aromatic rings. The van der Waals surface area contributed by atoms with Gasteiger partial charge < -0.3 is 15.4 Å². The Morgan fingerprint density at radius 2 is 1.36 bits per heavy atom. The molecule has 0 unspecified atom stereocenters. The Bertz CT molecular complexity index is 1010. The predicted molar refractivity (Wildman–Crippen MR) is 111 cm³/mol. The molecule has 2 N–H and O–H groups in total. The number of carbonyl (C=O) groups excluding carboxylic acids is 2. The van der Waals surface area contributed by atoms with Gasteiger partial charge in [0.05, 0.1) is 12.8 Å². The monoisotopic (exact) mass is 374 g/mol. The van der Waals surface area contributed by atoms with Crippen molar-refractivity contribution in [1.29, 1.82) is 0 Å². The molecule has 0 heterocycles. The molecule has 3 rings (SSSR count). The van der Waals surface area contributed by atoms with E-state index in [1.54, 1.807) is 31.4 Å². The molecule has 5 nitrogen and oxygen atoms in total. The second-order valence-corrected chi connectivity index (χ2v) is 6.56. The van der Waals surface area contributed by atoms with Gasteiger partial charge in [-0.1, -0.05) is 18.2 Å². The van der Waals surface area contributed by atoms with Crippen LogP contribution in [0.4, 0.5) is 11.4 Å². The first-order valence-electron chi connectivity index (χ1n) is 8.90. The molecule has 0 saturated heterocycles. The van der Waals surface area contributed by atoms with Crippen molar-refractivity contribution >= 4 is 23.2 Å². The maximum Gasteiger partial charge on any atom is 0.255 e. The fraction of sp³-hybridized carbons (Fsp3) is 0.130. The Morgan fingerprint density at radius 1 is 0.750 bits per heavy atom. The number of hydrogen-bond donors (Lipinski definition) is 2. The number of carbonyl (C=O) groups is 2. The number of benzene rings is 3. The normalized spacial score (nSPS) is 10.2. The van der Waals surface area contributed by atoms with E-state index in [1.165, 1.54) is 0 Å². The topological polar surface area (TPSA) is 67.4 Å². The quantitative estimate of drug-likeness (QED) is 0.673. The first kappa shape index (κ1) is 19.2. The largest absolute Gasteiger partial charge is 0.495 e. The summed E-state index contributed by atoms with van der Waals surface area (Å²) in [7, 11) is 1.56. The van der Waals surface area contributed by atoms with E-state index in [2.05, 4.69) is 10.6 Å². The van der Waals surface area contributed by atoms with Gasteiger partial charge in [0.1, 0.15) is 5.75 Å². The van der Waals surface area contributed by atoms with Gasteiger partial charge in [0.15, 0.2) is 0 Å². The van der Waals surface area contributed by atoms with Crippen LogP contribution in [0, 0.1) is 13.8 Å². The van der Waals surface area contributed by atoms with Crippen LogP contribution >= 0.6 is 0 Å². The molecule has 0 aliphatic heterocycles. The summed E-state index contributed by atoms with van der Waals surface area (Å²) >= 11 is 0. The van der Waals surface area contributed by atoms with Gasteiger partial charge in [0.25, 0.3) is 11.8 Å². The van der Waals surface area contributed by atoms with E-state index >= 15 is 0 Å². The third kappa shape index (κ3) is 4.57. The minimum atomic E-state index is -0.269. The number of methoxy groups -OCH3 is 1. The highest BCUT2D eigenvalue weighted by atomic mass is 16.5. The second-order valence-electron chi connectivity index (χ2n) is 6.56. The summed E-state index contributed by atoms with van der Waals surface area (Å²) < 4.78 is 5.28. The van der Waals surface area contributed by atoms with Crippen LogP contribution in [0.3, 0.4) is 0 Å². The van der Waals surface area contributed by atoms with Crippen LogP contribution < -0.4 is 15.4 Å². The van der Waals surface area contributed by atoms with Crippen LogP contribution in [0.15, 0.2) is 66.7 Å². The molecule has 142 valence electrons. The van der Waals surface area contributed by atoms with E-state index in [0.29, 0.717) is 22.6 Å². The first-order valence-corrected chi connectivity index (χ1v) is 8.90. The average Bonchev–Trinajstić information content (AvgIpc) is 2.68. The highest BCUT2D eigenvalue weighted by Gasteiger charge is 2.12. The fourth-order valence-corrected chi connectivity index (χ4v) is 2.81. The molecule has 0 aromatic heterocycles. The molecule has 5 heteroatoms. The molecular formula is C23H22N2O3. The lowest BCUT2D eigenvalue weighted by molar-refractivity contribution is 0.101. The van der Waals surface area contributed by atoms with Gasteiger partial charge >= 0.3 is 0 Å². The van der Waals surface area contributed by atoms with E-state index < -0.39 is 0 Å². The van der Waals surface area contributed by atoms with Crippen LogP contribution in [0.1, 0.15) is 31.8 Å². The van der Waals surface area contributed by atoms with Crippen molar-refractivity contribution in [1.82, 2.24) is 0 Å². The molecule has 0 aliphatic carbocycles. The summed E-state index contributed by atoms with van der Waals surface area (Å²) in [5.74, 6) is 0.0977. The second kappa shape index (κ2) is 8.39. The first-order chi connectivity index (χ1) is 13.5. The van der Waals surface area contributed by atoms with Crippen molar-refractivity contribution in [3.8, 4) is 5.75 Å². The molecular weight excluding hydrogens is 352 g/mol. The maximum absolute atomic E-state index is 12.5. The molecule has 3 aromatic carbocycles. The number of rotatable bonds is 5. The molecule has 0 atom stereocenters. The van der Waals surface area contributed by atoms with E-state index in [0.717, 1.165) is 16.8 Å². The predicted octanol–water partition coefficient (Wildman–Crippen LogP) is 4.82. The van der Waals surface area contributed by atoms with Gasteiger partial charge in [-0.05, 0) is 73.5 Å². The van der Waals surface area contributed by atoms with Crippen LogP contribution in [-0.4, -0.2) is 18.9 Å². The van der Waals surface area contributed by atoms with Gasteiger partial charge in [-0.2, -0.15) is 0 Å². The maximum atomic E-state index is 12.5. The summed E-state index contributed by atoms with van der Waals surface area (Å²) in [6.07, 6.45) is 0. The molecule has 0 bridgehead atoms. The molecule has 0 aliphatic rings. The average molecular weight is 374 g/mol. The zero-order chi connectivity index (χ0) is 20.1. The van der Waals surface area contributed by atoms with Crippen LogP contribution in [0.2, 0.25) is 0 Å². The highest BCUT2D eigenvalue weighted by Crippen LogP contribution is 2.25. The lowest BCUT2D eigenvalue weighted by Gasteiger charge is -2.11. The molecule has 28 heavy (non-hydrogen) atoms. The summed E-state index contributed by atoms with van der Waals surface area (Å²) in [4.78, 5) is 24.9. The van der Waals surface area contributed by atoms with Crippen LogP contribution in [-0.2, 0) is 0 Å². The number of amides is 2. The third-order valence-corrected chi connectivity index (χ3v) is 4.29. The van der Waals surface area contributed by atoms with Crippen molar-refractivity contribution in [2.24, 2.45) is 0 Å². The van der Waals surface area contributed by atoms with Crippen LogP contribution in [0.5, 0.6) is 5.75 Å². The highest BCUT2D eigenvalue weighted by molar-refractivity contribution is 6.07. The zero-order valence-corrected chi connectivity index (χ0v) is 16.1. The van der Waals surface area contributed by atoms with E-state index in [1.807, 2.05) is 56.3 Å². The number of anilines is 2. The Labute approximate surface area is 164 Å². The van der Waals surface area contributed by atoms with Gasteiger partial charge in [0, 0.05) is 16.8 Å². The minimum absolute atomic E-state index is 0.224. The van der Waals surface area contributed by atoms with Crippen molar-refractivity contribution < 1.29 is 14.3 Å². The number of hydrogen-bond acceptors (Lipinski definition) is 3. The van der Waals surface area contributed by atoms with Crippen LogP contribution in [0.25, 0.3) is 0 Å². The van der Waals surface area contributed by atoms with E-state index in [9.17, 15) is 9.59 Å². The molecule has 0 saturated carbocycles. The van der Waals surface area contributed by atoms with Crippen molar-refractivity contribution in [3.63, 3.8) is 0 Å².